The highest BCUT2D eigenvalue weighted by Crippen LogP contribution is 2.31. The Morgan fingerprint density at radius 1 is 0.862 bits per heavy atom. The number of fused-ring (bicyclic) bond motifs is 1. The van der Waals surface area contributed by atoms with Crippen LogP contribution in [0.5, 0.6) is 0 Å². The second-order valence-electron chi connectivity index (χ2n) is 6.29. The third kappa shape index (κ3) is 3.65. The van der Waals surface area contributed by atoms with Crippen LogP contribution in [0.15, 0.2) is 90.0 Å². The average molecular weight is 405 g/mol. The molecule has 0 atom stereocenters. The number of aromatic nitrogens is 1. The highest BCUT2D eigenvalue weighted by Gasteiger charge is 2.19. The number of nitro benzene ring substituents is 1. The van der Waals surface area contributed by atoms with Gasteiger partial charge in [0.15, 0.2) is 0 Å². The van der Waals surface area contributed by atoms with Crippen molar-refractivity contribution in [1.29, 1.82) is 0 Å². The number of pyridine rings is 1. The fraction of sp³-hybridized carbons (Fsp3) is 0. The second kappa shape index (κ2) is 7.33. The highest BCUT2D eigenvalue weighted by molar-refractivity contribution is 7.93. The molecule has 4 aromatic rings. The van der Waals surface area contributed by atoms with Gasteiger partial charge in [-0.15, -0.1) is 0 Å². The van der Waals surface area contributed by atoms with E-state index in [9.17, 15) is 18.5 Å². The molecule has 144 valence electrons. The first-order valence-corrected chi connectivity index (χ1v) is 10.1. The van der Waals surface area contributed by atoms with Crippen molar-refractivity contribution in [3.05, 3.63) is 95.2 Å². The van der Waals surface area contributed by atoms with Gasteiger partial charge in [0.05, 0.1) is 16.0 Å². The lowest BCUT2D eigenvalue weighted by Crippen LogP contribution is -2.13. The third-order valence-corrected chi connectivity index (χ3v) is 5.85. The lowest BCUT2D eigenvalue weighted by atomic mass is 10.0. The molecule has 0 saturated carbocycles. The first-order valence-electron chi connectivity index (χ1n) is 8.66. The molecular weight excluding hydrogens is 390 g/mol. The standard InChI is InChI=1S/C21H15N3O4S/c25-24(26)19-8-2-1-7-18(19)15-10-12-17(13-11-15)23-29(27,28)20-9-3-5-16-6-4-14-22-21(16)20/h1-14,23H. The minimum atomic E-state index is -3.86. The number of nitrogens with zero attached hydrogens (tertiary/aromatic N) is 2. The summed E-state index contributed by atoms with van der Waals surface area (Å²) in [5, 5.41) is 11.9. The normalized spacial score (nSPS) is 11.3. The zero-order valence-corrected chi connectivity index (χ0v) is 15.8. The maximum absolute atomic E-state index is 12.9. The summed E-state index contributed by atoms with van der Waals surface area (Å²) in [4.78, 5) is 15.0. The Kier molecular flexibility index (Phi) is 4.69. The Bertz CT molecular complexity index is 1310. The molecule has 4 rings (SSSR count). The topological polar surface area (TPSA) is 102 Å². The van der Waals surface area contributed by atoms with Gasteiger partial charge in [-0.05, 0) is 35.9 Å². The van der Waals surface area contributed by atoms with Crippen LogP contribution in [0.25, 0.3) is 22.0 Å². The number of hydrogen-bond donors (Lipinski definition) is 1. The van der Waals surface area contributed by atoms with Crippen LogP contribution in [0.2, 0.25) is 0 Å². The van der Waals surface area contributed by atoms with Crippen molar-refractivity contribution in [3.8, 4) is 11.1 Å². The monoisotopic (exact) mass is 405 g/mol. The van der Waals surface area contributed by atoms with E-state index in [0.29, 0.717) is 22.3 Å². The summed E-state index contributed by atoms with van der Waals surface area (Å²) in [7, 11) is -3.86. The van der Waals surface area contributed by atoms with E-state index in [1.165, 1.54) is 12.1 Å². The summed E-state index contributed by atoms with van der Waals surface area (Å²) >= 11 is 0. The van der Waals surface area contributed by atoms with E-state index in [0.717, 1.165) is 5.39 Å². The molecule has 0 radical (unpaired) electrons. The summed E-state index contributed by atoms with van der Waals surface area (Å²) in [5.41, 5.74) is 1.80. The predicted molar refractivity (Wildman–Crippen MR) is 111 cm³/mol. The molecule has 0 fully saturated rings. The zero-order valence-electron chi connectivity index (χ0n) is 15.0. The van der Waals surface area contributed by atoms with Crippen molar-refractivity contribution in [2.24, 2.45) is 0 Å². The van der Waals surface area contributed by atoms with E-state index in [2.05, 4.69) is 9.71 Å². The molecule has 0 amide bonds. The van der Waals surface area contributed by atoms with Gasteiger partial charge >= 0.3 is 0 Å². The van der Waals surface area contributed by atoms with E-state index in [4.69, 9.17) is 0 Å². The molecule has 8 heteroatoms. The Hall–Kier alpha value is -3.78. The molecule has 0 aliphatic rings. The summed E-state index contributed by atoms with van der Waals surface area (Å²) < 4.78 is 28.3. The number of nitrogens with one attached hydrogen (secondary N) is 1. The van der Waals surface area contributed by atoms with E-state index >= 15 is 0 Å². The fourth-order valence-electron chi connectivity index (χ4n) is 3.10. The Morgan fingerprint density at radius 2 is 1.59 bits per heavy atom. The molecule has 0 aliphatic heterocycles. The van der Waals surface area contributed by atoms with Gasteiger partial charge in [-0.2, -0.15) is 0 Å². The Labute approximate surface area is 166 Å². The molecule has 0 spiro atoms. The molecule has 0 aliphatic carbocycles. The Morgan fingerprint density at radius 3 is 2.34 bits per heavy atom. The number of hydrogen-bond acceptors (Lipinski definition) is 5. The molecule has 1 aromatic heterocycles. The third-order valence-electron chi connectivity index (χ3n) is 4.43. The molecule has 0 saturated heterocycles. The largest absolute Gasteiger partial charge is 0.280 e. The van der Waals surface area contributed by atoms with Crippen molar-refractivity contribution in [3.63, 3.8) is 0 Å². The van der Waals surface area contributed by atoms with Gasteiger partial charge in [-0.3, -0.25) is 19.8 Å². The Balaban J connectivity index is 1.66. The molecule has 3 aromatic carbocycles. The summed E-state index contributed by atoms with van der Waals surface area (Å²) in [6, 6.07) is 21.3. The number of rotatable bonds is 5. The molecule has 0 bridgehead atoms. The van der Waals surface area contributed by atoms with E-state index in [1.807, 2.05) is 0 Å². The molecular formula is C21H15N3O4S. The molecule has 7 nitrogen and oxygen atoms in total. The number of sulfonamides is 1. The van der Waals surface area contributed by atoms with Crippen LogP contribution in [-0.2, 0) is 10.0 Å². The smallest absolute Gasteiger partial charge is 0.277 e. The van der Waals surface area contributed by atoms with Gasteiger partial charge in [0.2, 0.25) is 0 Å². The molecule has 1 heterocycles. The minimum Gasteiger partial charge on any atom is -0.280 e. The lowest BCUT2D eigenvalue weighted by molar-refractivity contribution is -0.384. The van der Waals surface area contributed by atoms with Gasteiger partial charge in [-0.1, -0.05) is 42.5 Å². The maximum Gasteiger partial charge on any atom is 0.277 e. The highest BCUT2D eigenvalue weighted by atomic mass is 32.2. The fourth-order valence-corrected chi connectivity index (χ4v) is 4.34. The van der Waals surface area contributed by atoms with Crippen molar-refractivity contribution in [1.82, 2.24) is 4.98 Å². The SMILES string of the molecule is O=[N+]([O-])c1ccccc1-c1ccc(NS(=O)(=O)c2cccc3cccnc23)cc1. The molecule has 0 unspecified atom stereocenters. The van der Waals surface area contributed by atoms with E-state index in [-0.39, 0.29) is 10.6 Å². The van der Waals surface area contributed by atoms with E-state index < -0.39 is 14.9 Å². The lowest BCUT2D eigenvalue weighted by Gasteiger charge is -2.11. The van der Waals surface area contributed by atoms with Crippen LogP contribution in [0, 0.1) is 10.1 Å². The number of nitro groups is 1. The van der Waals surface area contributed by atoms with Crippen LogP contribution >= 0.6 is 0 Å². The summed E-state index contributed by atoms with van der Waals surface area (Å²) in [6.45, 7) is 0. The maximum atomic E-state index is 12.9. The van der Waals surface area contributed by atoms with Crippen LogP contribution in [0.1, 0.15) is 0 Å². The van der Waals surface area contributed by atoms with Gasteiger partial charge < -0.3 is 0 Å². The second-order valence-corrected chi connectivity index (χ2v) is 7.94. The minimum absolute atomic E-state index is 0.0114. The first kappa shape index (κ1) is 18.6. The van der Waals surface area contributed by atoms with Gasteiger partial charge in [0, 0.05) is 23.3 Å². The van der Waals surface area contributed by atoms with Crippen molar-refractivity contribution >= 4 is 32.3 Å². The average Bonchev–Trinajstić information content (AvgIpc) is 2.73. The molecule has 1 N–H and O–H groups in total. The number of anilines is 1. The van der Waals surface area contributed by atoms with Crippen LogP contribution < -0.4 is 4.72 Å². The zero-order chi connectivity index (χ0) is 20.4. The van der Waals surface area contributed by atoms with Gasteiger partial charge in [-0.25, -0.2) is 8.42 Å². The molecule has 29 heavy (non-hydrogen) atoms. The summed E-state index contributed by atoms with van der Waals surface area (Å²) in [5.74, 6) is 0. The summed E-state index contributed by atoms with van der Waals surface area (Å²) in [6.07, 6.45) is 1.54. The number of para-hydroxylation sites is 2. The van der Waals surface area contributed by atoms with Crippen LogP contribution in [0.3, 0.4) is 0 Å². The van der Waals surface area contributed by atoms with Crippen molar-refractivity contribution < 1.29 is 13.3 Å². The quantitative estimate of drug-likeness (QED) is 0.386. The van der Waals surface area contributed by atoms with Crippen molar-refractivity contribution in [2.75, 3.05) is 4.72 Å². The predicted octanol–water partition coefficient (Wildman–Crippen LogP) is 4.61. The van der Waals surface area contributed by atoms with Gasteiger partial charge in [0.1, 0.15) is 4.90 Å². The van der Waals surface area contributed by atoms with Crippen LogP contribution in [0.4, 0.5) is 11.4 Å². The first-order chi connectivity index (χ1) is 14.0. The van der Waals surface area contributed by atoms with Gasteiger partial charge in [0.25, 0.3) is 15.7 Å². The number of benzene rings is 3. The van der Waals surface area contributed by atoms with Crippen LogP contribution in [-0.4, -0.2) is 18.3 Å². The van der Waals surface area contributed by atoms with Crippen molar-refractivity contribution in [2.45, 2.75) is 4.90 Å². The van der Waals surface area contributed by atoms with E-state index in [1.54, 1.807) is 72.9 Å².